The average molecular weight is 329 g/mol. The van der Waals surface area contributed by atoms with Gasteiger partial charge in [-0.25, -0.2) is 12.7 Å². The lowest BCUT2D eigenvalue weighted by atomic mass is 9.99. The molecular formula is C14H23N3O4S. The highest BCUT2D eigenvalue weighted by Gasteiger charge is 2.32. The monoisotopic (exact) mass is 329 g/mol. The van der Waals surface area contributed by atoms with Crippen LogP contribution in [0, 0.1) is 12.8 Å². The van der Waals surface area contributed by atoms with Crippen molar-refractivity contribution in [2.75, 3.05) is 24.2 Å². The summed E-state index contributed by atoms with van der Waals surface area (Å²) in [7, 11) is -3.26. The van der Waals surface area contributed by atoms with E-state index < -0.39 is 10.0 Å². The molecule has 1 fully saturated rings. The van der Waals surface area contributed by atoms with Crippen LogP contribution in [0.15, 0.2) is 10.6 Å². The zero-order chi connectivity index (χ0) is 16.2. The van der Waals surface area contributed by atoms with E-state index in [-0.39, 0.29) is 24.1 Å². The van der Waals surface area contributed by atoms with E-state index in [1.54, 1.807) is 13.0 Å². The number of carbonyl (C=O) groups excluding carboxylic acids is 1. The first-order valence-corrected chi connectivity index (χ1v) is 9.25. The molecule has 0 bridgehead atoms. The van der Waals surface area contributed by atoms with E-state index in [2.05, 4.69) is 10.5 Å². The molecule has 1 N–H and O–H groups in total. The highest BCUT2D eigenvalue weighted by atomic mass is 32.2. The maximum absolute atomic E-state index is 12.2. The van der Waals surface area contributed by atoms with Gasteiger partial charge in [-0.1, -0.05) is 18.5 Å². The largest absolute Gasteiger partial charge is 0.360 e. The molecule has 22 heavy (non-hydrogen) atoms. The van der Waals surface area contributed by atoms with Crippen LogP contribution in [0.25, 0.3) is 0 Å². The molecule has 2 heterocycles. The van der Waals surface area contributed by atoms with Crippen molar-refractivity contribution in [3.63, 3.8) is 0 Å². The molecule has 2 rings (SSSR count). The third-order valence-electron chi connectivity index (χ3n) is 3.78. The Hall–Kier alpha value is -1.41. The number of aryl methyl sites for hydroxylation is 1. The number of aromatic nitrogens is 1. The van der Waals surface area contributed by atoms with Crippen LogP contribution in [0.2, 0.25) is 0 Å². The van der Waals surface area contributed by atoms with Gasteiger partial charge in [0.25, 0.3) is 0 Å². The normalized spacial score (nSPS) is 20.0. The van der Waals surface area contributed by atoms with E-state index in [1.165, 1.54) is 4.31 Å². The number of nitrogens with zero attached hydrogens (tertiary/aromatic N) is 2. The van der Waals surface area contributed by atoms with Gasteiger partial charge in [0, 0.05) is 19.2 Å². The van der Waals surface area contributed by atoms with Crippen LogP contribution in [0.3, 0.4) is 0 Å². The Morgan fingerprint density at radius 1 is 1.55 bits per heavy atom. The van der Waals surface area contributed by atoms with Gasteiger partial charge < -0.3 is 9.84 Å². The molecule has 1 aromatic rings. The standard InChI is InChI=1S/C14H23N3O4S/c1-3-4-8-22(19,20)17-7-5-6-12(10-17)14(18)15-13-9-11(2)21-16-13/h9,12H,3-8,10H2,1-2H3,(H,15,16,18)/t12-/m1/s1. The van der Waals surface area contributed by atoms with Crippen molar-refractivity contribution in [2.24, 2.45) is 5.92 Å². The molecule has 0 unspecified atom stereocenters. The van der Waals surface area contributed by atoms with Crippen molar-refractivity contribution in [3.8, 4) is 0 Å². The molecule has 0 saturated carbocycles. The fourth-order valence-corrected chi connectivity index (χ4v) is 4.24. The van der Waals surface area contributed by atoms with Crippen LogP contribution in [0.5, 0.6) is 0 Å². The predicted molar refractivity (Wildman–Crippen MR) is 82.9 cm³/mol. The lowest BCUT2D eigenvalue weighted by Gasteiger charge is -2.31. The third kappa shape index (κ3) is 4.30. The number of piperidine rings is 1. The van der Waals surface area contributed by atoms with Gasteiger partial charge in [-0.15, -0.1) is 0 Å². The molecule has 0 aliphatic carbocycles. The van der Waals surface area contributed by atoms with Crippen molar-refractivity contribution >= 4 is 21.7 Å². The van der Waals surface area contributed by atoms with Crippen LogP contribution in [0.4, 0.5) is 5.82 Å². The minimum atomic E-state index is -3.26. The summed E-state index contributed by atoms with van der Waals surface area (Å²) in [4.78, 5) is 12.2. The van der Waals surface area contributed by atoms with Gasteiger partial charge in [0.1, 0.15) is 5.76 Å². The number of anilines is 1. The first-order valence-electron chi connectivity index (χ1n) is 7.64. The van der Waals surface area contributed by atoms with Crippen LogP contribution in [-0.4, -0.2) is 42.6 Å². The molecule has 1 aliphatic heterocycles. The highest BCUT2D eigenvalue weighted by molar-refractivity contribution is 7.89. The van der Waals surface area contributed by atoms with E-state index in [1.807, 2.05) is 6.92 Å². The molecule has 0 spiro atoms. The van der Waals surface area contributed by atoms with E-state index >= 15 is 0 Å². The third-order valence-corrected chi connectivity index (χ3v) is 5.71. The molecule has 1 saturated heterocycles. The van der Waals surface area contributed by atoms with Crippen molar-refractivity contribution < 1.29 is 17.7 Å². The number of hydrogen-bond donors (Lipinski definition) is 1. The van der Waals surface area contributed by atoms with Gasteiger partial charge in [0.05, 0.1) is 11.7 Å². The molecule has 124 valence electrons. The molecule has 0 aromatic carbocycles. The summed E-state index contributed by atoms with van der Waals surface area (Å²) in [5, 5.41) is 6.40. The second-order valence-electron chi connectivity index (χ2n) is 5.68. The summed E-state index contributed by atoms with van der Waals surface area (Å²) in [6, 6.07) is 1.64. The quantitative estimate of drug-likeness (QED) is 0.858. The zero-order valence-electron chi connectivity index (χ0n) is 13.0. The fraction of sp³-hybridized carbons (Fsp3) is 0.714. The van der Waals surface area contributed by atoms with Crippen LogP contribution < -0.4 is 5.32 Å². The fourth-order valence-electron chi connectivity index (χ4n) is 2.52. The lowest BCUT2D eigenvalue weighted by molar-refractivity contribution is -0.120. The average Bonchev–Trinajstić information content (AvgIpc) is 2.90. The Bertz CT molecular complexity index is 611. The SMILES string of the molecule is CCCCS(=O)(=O)N1CCC[C@@H](C(=O)Nc2cc(C)on2)C1. The molecular weight excluding hydrogens is 306 g/mol. The van der Waals surface area contributed by atoms with E-state index in [4.69, 9.17) is 4.52 Å². The molecule has 1 amide bonds. The smallest absolute Gasteiger partial charge is 0.230 e. The molecule has 1 atom stereocenters. The van der Waals surface area contributed by atoms with Gasteiger partial charge in [0.15, 0.2) is 5.82 Å². The Balaban J connectivity index is 1.96. The van der Waals surface area contributed by atoms with Gasteiger partial charge >= 0.3 is 0 Å². The van der Waals surface area contributed by atoms with Crippen molar-refractivity contribution in [2.45, 2.75) is 39.5 Å². The Morgan fingerprint density at radius 2 is 2.32 bits per heavy atom. The molecule has 1 aromatic heterocycles. The number of carbonyl (C=O) groups is 1. The summed E-state index contributed by atoms with van der Waals surface area (Å²) < 4.78 is 30.8. The second kappa shape index (κ2) is 7.23. The number of rotatable bonds is 6. The van der Waals surface area contributed by atoms with Crippen molar-refractivity contribution in [1.29, 1.82) is 0 Å². The first-order chi connectivity index (χ1) is 10.4. The molecule has 8 heteroatoms. The lowest BCUT2D eigenvalue weighted by Crippen LogP contribution is -2.44. The van der Waals surface area contributed by atoms with Crippen molar-refractivity contribution in [3.05, 3.63) is 11.8 Å². The summed E-state index contributed by atoms with van der Waals surface area (Å²) >= 11 is 0. The van der Waals surface area contributed by atoms with Crippen molar-refractivity contribution in [1.82, 2.24) is 9.46 Å². The summed E-state index contributed by atoms with van der Waals surface area (Å²) in [6.45, 7) is 4.45. The minimum Gasteiger partial charge on any atom is -0.360 e. The molecule has 1 aliphatic rings. The topological polar surface area (TPSA) is 92.5 Å². The van der Waals surface area contributed by atoms with Gasteiger partial charge in [-0.05, 0) is 26.2 Å². The predicted octanol–water partition coefficient (Wildman–Crippen LogP) is 1.76. The van der Waals surface area contributed by atoms with E-state index in [0.717, 1.165) is 6.42 Å². The maximum atomic E-state index is 12.2. The summed E-state index contributed by atoms with van der Waals surface area (Å²) in [5.41, 5.74) is 0. The number of hydrogen-bond acceptors (Lipinski definition) is 5. The van der Waals surface area contributed by atoms with Gasteiger partial charge in [-0.2, -0.15) is 0 Å². The first kappa shape index (κ1) is 17.0. The Morgan fingerprint density at radius 3 is 2.95 bits per heavy atom. The Labute approximate surface area is 131 Å². The Kier molecular flexibility index (Phi) is 5.57. The molecule has 7 nitrogen and oxygen atoms in total. The molecule has 0 radical (unpaired) electrons. The van der Waals surface area contributed by atoms with Crippen LogP contribution >= 0.6 is 0 Å². The number of nitrogens with one attached hydrogen (secondary N) is 1. The number of unbranched alkanes of at least 4 members (excludes halogenated alkanes) is 1. The van der Waals surface area contributed by atoms with Gasteiger partial charge in [0.2, 0.25) is 15.9 Å². The van der Waals surface area contributed by atoms with Crippen LogP contribution in [-0.2, 0) is 14.8 Å². The van der Waals surface area contributed by atoms with E-state index in [0.29, 0.717) is 37.4 Å². The van der Waals surface area contributed by atoms with Crippen LogP contribution in [0.1, 0.15) is 38.4 Å². The number of amides is 1. The number of sulfonamides is 1. The van der Waals surface area contributed by atoms with E-state index in [9.17, 15) is 13.2 Å². The maximum Gasteiger partial charge on any atom is 0.230 e. The summed E-state index contributed by atoms with van der Waals surface area (Å²) in [6.07, 6.45) is 2.86. The van der Waals surface area contributed by atoms with Gasteiger partial charge in [-0.3, -0.25) is 4.79 Å². The second-order valence-corrected chi connectivity index (χ2v) is 7.77. The minimum absolute atomic E-state index is 0.153. The summed E-state index contributed by atoms with van der Waals surface area (Å²) in [5.74, 6) is 0.586. The zero-order valence-corrected chi connectivity index (χ0v) is 13.9. The highest BCUT2D eigenvalue weighted by Crippen LogP contribution is 2.21.